The third-order valence-corrected chi connectivity index (χ3v) is 5.69. The van der Waals surface area contributed by atoms with Crippen LogP contribution in [0.3, 0.4) is 0 Å². The van der Waals surface area contributed by atoms with Gasteiger partial charge in [-0.1, -0.05) is 70.5 Å². The van der Waals surface area contributed by atoms with Crippen LogP contribution in [0.15, 0.2) is 76.1 Å². The average Bonchev–Trinajstić information content (AvgIpc) is 2.91. The minimum absolute atomic E-state index is 0.230. The fraction of sp³-hybridized carbons (Fsp3) is 0.0476. The molecule has 5 heteroatoms. The van der Waals surface area contributed by atoms with E-state index in [0.717, 1.165) is 38.1 Å². The van der Waals surface area contributed by atoms with Gasteiger partial charge >= 0.3 is 0 Å². The van der Waals surface area contributed by atoms with Crippen molar-refractivity contribution < 1.29 is 9.59 Å². The molecule has 3 aromatic carbocycles. The highest BCUT2D eigenvalue weighted by Crippen LogP contribution is 2.34. The number of amides is 2. The molecule has 0 atom stereocenters. The predicted octanol–water partition coefficient (Wildman–Crippen LogP) is 5.84. The summed E-state index contributed by atoms with van der Waals surface area (Å²) < 4.78 is 0.971. The molecule has 1 aliphatic heterocycles. The van der Waals surface area contributed by atoms with Gasteiger partial charge in [-0.05, 0) is 51.9 Å². The standard InChI is InChI=1S/C21H14BrNO2S/c22-17-10-8-14(9-11-17)12-19-20(24)23(21(25)26-19)13-16-6-3-5-15-4-1-2-7-18(15)16/h1-12H,13H2/b19-12-. The normalized spacial score (nSPS) is 16.0. The number of benzene rings is 3. The smallest absolute Gasteiger partial charge is 0.268 e. The number of rotatable bonds is 3. The quantitative estimate of drug-likeness (QED) is 0.496. The van der Waals surface area contributed by atoms with Crippen molar-refractivity contribution in [3.8, 4) is 0 Å². The molecule has 2 amide bonds. The Balaban J connectivity index is 1.62. The highest BCUT2D eigenvalue weighted by molar-refractivity contribution is 9.10. The van der Waals surface area contributed by atoms with Gasteiger partial charge in [-0.2, -0.15) is 0 Å². The Morgan fingerprint density at radius 1 is 0.923 bits per heavy atom. The summed E-state index contributed by atoms with van der Waals surface area (Å²) in [6, 6.07) is 21.6. The maximum atomic E-state index is 12.7. The first-order valence-electron chi connectivity index (χ1n) is 8.09. The molecule has 0 bridgehead atoms. The molecule has 0 aliphatic carbocycles. The van der Waals surface area contributed by atoms with Crippen LogP contribution in [0.4, 0.5) is 4.79 Å². The van der Waals surface area contributed by atoms with E-state index in [1.54, 1.807) is 6.08 Å². The molecule has 1 saturated heterocycles. The lowest BCUT2D eigenvalue weighted by Gasteiger charge is -2.14. The van der Waals surface area contributed by atoms with Crippen molar-refractivity contribution in [2.24, 2.45) is 0 Å². The highest BCUT2D eigenvalue weighted by atomic mass is 79.9. The minimum Gasteiger partial charge on any atom is -0.268 e. The molecular formula is C21H14BrNO2S. The Morgan fingerprint density at radius 3 is 2.46 bits per heavy atom. The number of carbonyl (C=O) groups excluding carboxylic acids is 2. The van der Waals surface area contributed by atoms with Gasteiger partial charge in [0.05, 0.1) is 11.4 Å². The zero-order valence-electron chi connectivity index (χ0n) is 13.7. The van der Waals surface area contributed by atoms with Crippen molar-refractivity contribution in [1.82, 2.24) is 4.90 Å². The minimum atomic E-state index is -0.240. The van der Waals surface area contributed by atoms with E-state index in [9.17, 15) is 9.59 Å². The van der Waals surface area contributed by atoms with Crippen LogP contribution < -0.4 is 0 Å². The van der Waals surface area contributed by atoms with E-state index in [4.69, 9.17) is 0 Å². The Kier molecular flexibility index (Phi) is 4.66. The predicted molar refractivity (Wildman–Crippen MR) is 110 cm³/mol. The number of carbonyl (C=O) groups is 2. The van der Waals surface area contributed by atoms with Crippen molar-refractivity contribution in [1.29, 1.82) is 0 Å². The summed E-state index contributed by atoms with van der Waals surface area (Å²) in [5.41, 5.74) is 1.86. The molecule has 1 fully saturated rings. The van der Waals surface area contributed by atoms with E-state index >= 15 is 0 Å². The third-order valence-electron chi connectivity index (χ3n) is 4.25. The summed E-state index contributed by atoms with van der Waals surface area (Å²) in [5, 5.41) is 1.93. The van der Waals surface area contributed by atoms with Crippen LogP contribution in [-0.2, 0) is 11.3 Å². The van der Waals surface area contributed by atoms with Gasteiger partial charge in [-0.15, -0.1) is 0 Å². The van der Waals surface area contributed by atoms with E-state index in [2.05, 4.69) is 15.9 Å². The lowest BCUT2D eigenvalue weighted by Crippen LogP contribution is -2.27. The average molecular weight is 424 g/mol. The van der Waals surface area contributed by atoms with Crippen molar-refractivity contribution in [2.75, 3.05) is 0 Å². The van der Waals surface area contributed by atoms with Crippen molar-refractivity contribution in [3.05, 3.63) is 87.2 Å². The Morgan fingerprint density at radius 2 is 1.65 bits per heavy atom. The lowest BCUT2D eigenvalue weighted by molar-refractivity contribution is -0.123. The molecule has 0 saturated carbocycles. The molecule has 0 aromatic heterocycles. The summed E-state index contributed by atoms with van der Waals surface area (Å²) in [6.45, 7) is 0.281. The van der Waals surface area contributed by atoms with E-state index in [1.807, 2.05) is 66.7 Å². The molecule has 0 N–H and O–H groups in total. The molecular weight excluding hydrogens is 410 g/mol. The van der Waals surface area contributed by atoms with Gasteiger partial charge in [0.1, 0.15) is 0 Å². The van der Waals surface area contributed by atoms with Gasteiger partial charge < -0.3 is 0 Å². The monoisotopic (exact) mass is 423 g/mol. The van der Waals surface area contributed by atoms with Crippen LogP contribution >= 0.6 is 27.7 Å². The van der Waals surface area contributed by atoms with Crippen molar-refractivity contribution in [3.63, 3.8) is 0 Å². The second-order valence-electron chi connectivity index (χ2n) is 5.96. The second-order valence-corrected chi connectivity index (χ2v) is 7.87. The zero-order chi connectivity index (χ0) is 18.1. The van der Waals surface area contributed by atoms with Gasteiger partial charge in [0, 0.05) is 4.47 Å². The summed E-state index contributed by atoms with van der Waals surface area (Å²) in [7, 11) is 0. The number of hydrogen-bond donors (Lipinski definition) is 0. The maximum absolute atomic E-state index is 12.7. The number of thioether (sulfide) groups is 1. The molecule has 0 spiro atoms. The Hall–Kier alpha value is -2.37. The fourth-order valence-electron chi connectivity index (χ4n) is 2.95. The number of nitrogens with zero attached hydrogens (tertiary/aromatic N) is 1. The fourth-order valence-corrected chi connectivity index (χ4v) is 4.05. The van der Waals surface area contributed by atoms with Gasteiger partial charge in [-0.25, -0.2) is 0 Å². The topological polar surface area (TPSA) is 37.4 Å². The Labute approximate surface area is 163 Å². The van der Waals surface area contributed by atoms with E-state index in [1.165, 1.54) is 4.90 Å². The first kappa shape index (κ1) is 17.1. The molecule has 1 aliphatic rings. The van der Waals surface area contributed by atoms with Crippen LogP contribution in [-0.4, -0.2) is 16.0 Å². The van der Waals surface area contributed by atoms with Crippen molar-refractivity contribution in [2.45, 2.75) is 6.54 Å². The van der Waals surface area contributed by atoms with E-state index in [0.29, 0.717) is 4.91 Å². The van der Waals surface area contributed by atoms with Crippen LogP contribution in [0.1, 0.15) is 11.1 Å². The molecule has 3 nitrogen and oxygen atoms in total. The van der Waals surface area contributed by atoms with Crippen LogP contribution in [0.5, 0.6) is 0 Å². The maximum Gasteiger partial charge on any atom is 0.293 e. The van der Waals surface area contributed by atoms with Gasteiger partial charge in [0.25, 0.3) is 11.1 Å². The van der Waals surface area contributed by atoms with Gasteiger partial charge in [0.2, 0.25) is 0 Å². The highest BCUT2D eigenvalue weighted by Gasteiger charge is 2.35. The third kappa shape index (κ3) is 3.32. The summed E-state index contributed by atoms with van der Waals surface area (Å²) >= 11 is 4.38. The molecule has 0 radical (unpaired) electrons. The zero-order valence-corrected chi connectivity index (χ0v) is 16.1. The van der Waals surface area contributed by atoms with E-state index in [-0.39, 0.29) is 17.7 Å². The van der Waals surface area contributed by atoms with Crippen molar-refractivity contribution >= 4 is 55.7 Å². The number of halogens is 1. The molecule has 128 valence electrons. The summed E-state index contributed by atoms with van der Waals surface area (Å²) in [5.74, 6) is -0.240. The van der Waals surface area contributed by atoms with E-state index < -0.39 is 0 Å². The van der Waals surface area contributed by atoms with Crippen LogP contribution in [0.25, 0.3) is 16.8 Å². The molecule has 1 heterocycles. The number of imide groups is 1. The van der Waals surface area contributed by atoms with Crippen LogP contribution in [0.2, 0.25) is 0 Å². The number of fused-ring (bicyclic) bond motifs is 1. The number of hydrogen-bond acceptors (Lipinski definition) is 3. The first-order chi connectivity index (χ1) is 12.6. The summed E-state index contributed by atoms with van der Waals surface area (Å²) in [6.07, 6.45) is 1.76. The lowest BCUT2D eigenvalue weighted by atomic mass is 10.0. The molecule has 0 unspecified atom stereocenters. The molecule has 4 rings (SSSR count). The first-order valence-corrected chi connectivity index (χ1v) is 9.70. The Bertz CT molecular complexity index is 1040. The molecule has 26 heavy (non-hydrogen) atoms. The largest absolute Gasteiger partial charge is 0.293 e. The van der Waals surface area contributed by atoms with Gasteiger partial charge in [-0.3, -0.25) is 14.5 Å². The van der Waals surface area contributed by atoms with Crippen LogP contribution in [0, 0.1) is 0 Å². The van der Waals surface area contributed by atoms with Gasteiger partial charge in [0.15, 0.2) is 0 Å². The summed E-state index contributed by atoms with van der Waals surface area (Å²) in [4.78, 5) is 26.9. The second kappa shape index (κ2) is 7.09. The SMILES string of the molecule is O=C1S/C(=C\c2ccc(Br)cc2)C(=O)N1Cc1cccc2ccccc12. The molecule has 3 aromatic rings.